The Bertz CT molecular complexity index is 513. The van der Waals surface area contributed by atoms with Crippen molar-refractivity contribution in [3.63, 3.8) is 0 Å². The van der Waals surface area contributed by atoms with Gasteiger partial charge in [0.25, 0.3) is 0 Å². The van der Waals surface area contributed by atoms with Gasteiger partial charge in [0.1, 0.15) is 22.7 Å². The molecule has 1 fully saturated rings. The number of amides is 1. The van der Waals surface area contributed by atoms with Crippen LogP contribution in [0.25, 0.3) is 0 Å². The minimum Gasteiger partial charge on any atom is -0.444 e. The summed E-state index contributed by atoms with van der Waals surface area (Å²) in [6.45, 7) is 5.13. The molecule has 20 heavy (non-hydrogen) atoms. The Balaban J connectivity index is 2.08. The number of H-pyrrole nitrogens is 1. The van der Waals surface area contributed by atoms with Gasteiger partial charge < -0.3 is 15.0 Å². The zero-order valence-electron chi connectivity index (χ0n) is 11.4. The van der Waals surface area contributed by atoms with E-state index >= 15 is 0 Å². The molecule has 0 saturated heterocycles. The van der Waals surface area contributed by atoms with Crippen LogP contribution >= 0.6 is 0 Å². The Labute approximate surface area is 113 Å². The smallest absolute Gasteiger partial charge is 0.432 e. The van der Waals surface area contributed by atoms with E-state index in [2.05, 4.69) is 15.3 Å². The van der Waals surface area contributed by atoms with Gasteiger partial charge in [0, 0.05) is 0 Å². The van der Waals surface area contributed by atoms with E-state index in [-0.39, 0.29) is 5.82 Å². The third kappa shape index (κ3) is 3.23. The number of hydrogen-bond acceptors (Lipinski definition) is 3. The van der Waals surface area contributed by atoms with Gasteiger partial charge in [-0.15, -0.1) is 0 Å². The summed E-state index contributed by atoms with van der Waals surface area (Å²) >= 11 is 0. The summed E-state index contributed by atoms with van der Waals surface area (Å²) in [6, 6.07) is 0. The van der Waals surface area contributed by atoms with Crippen LogP contribution in [0.1, 0.15) is 45.1 Å². The third-order valence-electron chi connectivity index (χ3n) is 2.82. The van der Waals surface area contributed by atoms with Crippen LogP contribution in [-0.4, -0.2) is 21.7 Å². The molecule has 1 saturated carbocycles. The Hall–Kier alpha value is -1.73. The normalized spacial score (nSPS) is 17.7. The molecule has 8 heteroatoms. The number of aromatic nitrogens is 2. The maximum atomic E-state index is 12.5. The summed E-state index contributed by atoms with van der Waals surface area (Å²) in [5.41, 5.74) is -2.46. The molecule has 0 atom stereocenters. The highest BCUT2D eigenvalue weighted by Gasteiger charge is 2.50. The molecule has 1 aliphatic carbocycles. The lowest BCUT2D eigenvalue weighted by atomic mass is 10.2. The Kier molecular flexibility index (Phi) is 3.22. The number of halogens is 3. The average Bonchev–Trinajstić information content (AvgIpc) is 2.82. The number of alkyl halides is 3. The van der Waals surface area contributed by atoms with E-state index in [4.69, 9.17) is 4.74 Å². The molecule has 112 valence electrons. The van der Waals surface area contributed by atoms with Gasteiger partial charge in [0.2, 0.25) is 0 Å². The molecule has 5 nitrogen and oxygen atoms in total. The molecule has 1 amide bonds. The number of hydrogen-bond donors (Lipinski definition) is 2. The van der Waals surface area contributed by atoms with Crippen molar-refractivity contribution in [2.75, 3.05) is 0 Å². The zero-order valence-corrected chi connectivity index (χ0v) is 11.4. The van der Waals surface area contributed by atoms with E-state index < -0.39 is 29.1 Å². The second kappa shape index (κ2) is 4.39. The third-order valence-corrected chi connectivity index (χ3v) is 2.82. The first-order valence-corrected chi connectivity index (χ1v) is 6.16. The zero-order chi connectivity index (χ0) is 15.2. The van der Waals surface area contributed by atoms with E-state index in [1.807, 2.05) is 0 Å². The van der Waals surface area contributed by atoms with E-state index in [0.29, 0.717) is 12.8 Å². The van der Waals surface area contributed by atoms with E-state index in [0.717, 1.165) is 6.20 Å². The Morgan fingerprint density at radius 1 is 1.40 bits per heavy atom. The van der Waals surface area contributed by atoms with Crippen LogP contribution in [0.5, 0.6) is 0 Å². The van der Waals surface area contributed by atoms with Crippen LogP contribution in [0, 0.1) is 0 Å². The predicted molar refractivity (Wildman–Crippen MR) is 63.9 cm³/mol. The maximum absolute atomic E-state index is 12.5. The number of nitrogens with one attached hydrogen (secondary N) is 2. The van der Waals surface area contributed by atoms with Crippen LogP contribution < -0.4 is 5.32 Å². The fourth-order valence-electron chi connectivity index (χ4n) is 1.75. The molecule has 1 heterocycles. The van der Waals surface area contributed by atoms with Gasteiger partial charge in [-0.3, -0.25) is 0 Å². The lowest BCUT2D eigenvalue weighted by Crippen LogP contribution is -2.39. The molecule has 0 radical (unpaired) electrons. The topological polar surface area (TPSA) is 67.0 Å². The molecule has 0 aliphatic heterocycles. The highest BCUT2D eigenvalue weighted by atomic mass is 19.4. The lowest BCUT2D eigenvalue weighted by Gasteiger charge is -2.22. The van der Waals surface area contributed by atoms with Crippen LogP contribution in [0.3, 0.4) is 0 Å². The maximum Gasteiger partial charge on any atom is 0.432 e. The largest absolute Gasteiger partial charge is 0.444 e. The number of rotatable bonds is 2. The number of carbonyl (C=O) groups is 1. The fraction of sp³-hybridized carbons (Fsp3) is 0.667. The van der Waals surface area contributed by atoms with Crippen molar-refractivity contribution in [2.45, 2.75) is 50.9 Å². The molecule has 0 aromatic carbocycles. The molecular weight excluding hydrogens is 275 g/mol. The van der Waals surface area contributed by atoms with Gasteiger partial charge in [0.05, 0.1) is 6.20 Å². The highest BCUT2D eigenvalue weighted by Crippen LogP contribution is 2.45. The van der Waals surface area contributed by atoms with Gasteiger partial charge in [-0.1, -0.05) is 0 Å². The number of nitrogens with zero attached hydrogens (tertiary/aromatic N) is 1. The monoisotopic (exact) mass is 291 g/mol. The average molecular weight is 291 g/mol. The first-order chi connectivity index (χ1) is 9.02. The van der Waals surface area contributed by atoms with Crippen molar-refractivity contribution in [1.29, 1.82) is 0 Å². The number of alkyl carbamates (subject to hydrolysis) is 1. The van der Waals surface area contributed by atoms with Crippen molar-refractivity contribution in [1.82, 2.24) is 15.3 Å². The minimum absolute atomic E-state index is 0.107. The van der Waals surface area contributed by atoms with Crippen LogP contribution in [-0.2, 0) is 16.5 Å². The van der Waals surface area contributed by atoms with E-state index in [1.54, 1.807) is 20.8 Å². The summed E-state index contributed by atoms with van der Waals surface area (Å²) < 4.78 is 42.6. The number of carbonyl (C=O) groups excluding carboxylic acids is 1. The molecule has 0 unspecified atom stereocenters. The van der Waals surface area contributed by atoms with Crippen molar-refractivity contribution >= 4 is 6.09 Å². The fourth-order valence-corrected chi connectivity index (χ4v) is 1.75. The predicted octanol–water partition coefficient (Wildman–Crippen LogP) is 2.94. The van der Waals surface area contributed by atoms with Crippen LogP contribution in [0.2, 0.25) is 0 Å². The van der Waals surface area contributed by atoms with Crippen LogP contribution in [0.15, 0.2) is 6.20 Å². The van der Waals surface area contributed by atoms with Gasteiger partial charge in [-0.25, -0.2) is 9.78 Å². The van der Waals surface area contributed by atoms with Crippen LogP contribution in [0.4, 0.5) is 18.0 Å². The standard InChI is InChI=1S/C12H16F3N3O2/c1-10(2,3)20-9(19)18-11(4-5-11)8-16-6-7(17-8)12(13,14)15/h6H,4-5H2,1-3H3,(H,16,17)(H,18,19). The molecule has 1 aliphatic rings. The Morgan fingerprint density at radius 2 is 2.00 bits per heavy atom. The van der Waals surface area contributed by atoms with Crippen molar-refractivity contribution in [3.05, 3.63) is 17.7 Å². The molecular formula is C12H16F3N3O2. The SMILES string of the molecule is CC(C)(C)OC(=O)NC1(c2ncc(C(F)(F)F)[nH]2)CC1. The first-order valence-electron chi connectivity index (χ1n) is 6.16. The second-order valence-corrected chi connectivity index (χ2v) is 5.85. The molecule has 2 N–H and O–H groups in total. The van der Waals surface area contributed by atoms with Gasteiger partial charge in [0.15, 0.2) is 0 Å². The Morgan fingerprint density at radius 3 is 2.40 bits per heavy atom. The van der Waals surface area contributed by atoms with Gasteiger partial charge in [-0.05, 0) is 33.6 Å². The van der Waals surface area contributed by atoms with Crippen molar-refractivity contribution < 1.29 is 22.7 Å². The number of imidazole rings is 1. The minimum atomic E-state index is -4.48. The van der Waals surface area contributed by atoms with Gasteiger partial charge >= 0.3 is 12.3 Å². The summed E-state index contributed by atoms with van der Waals surface area (Å²) in [6.07, 6.45) is -3.37. The molecule has 2 rings (SSSR count). The van der Waals surface area contributed by atoms with E-state index in [1.165, 1.54) is 0 Å². The van der Waals surface area contributed by atoms with Crippen molar-refractivity contribution in [3.8, 4) is 0 Å². The number of aromatic amines is 1. The van der Waals surface area contributed by atoms with Gasteiger partial charge in [-0.2, -0.15) is 13.2 Å². The number of ether oxygens (including phenoxy) is 1. The molecule has 0 spiro atoms. The summed E-state index contributed by atoms with van der Waals surface area (Å²) in [7, 11) is 0. The highest BCUT2D eigenvalue weighted by molar-refractivity contribution is 5.69. The summed E-state index contributed by atoms with van der Waals surface area (Å²) in [5.74, 6) is 0.107. The summed E-state index contributed by atoms with van der Waals surface area (Å²) in [4.78, 5) is 17.6. The quantitative estimate of drug-likeness (QED) is 0.880. The van der Waals surface area contributed by atoms with Crippen molar-refractivity contribution in [2.24, 2.45) is 0 Å². The molecule has 1 aromatic heterocycles. The summed E-state index contributed by atoms with van der Waals surface area (Å²) in [5, 5.41) is 2.58. The first kappa shape index (κ1) is 14.7. The van der Waals surface area contributed by atoms with E-state index in [9.17, 15) is 18.0 Å². The lowest BCUT2D eigenvalue weighted by molar-refractivity contribution is -0.141. The molecule has 0 bridgehead atoms. The molecule has 1 aromatic rings. The second-order valence-electron chi connectivity index (χ2n) is 5.85.